The molecular formula is C12H13N3O3S. The number of nitro groups is 1. The zero-order chi connectivity index (χ0) is 13.8. The van der Waals surface area contributed by atoms with Crippen molar-refractivity contribution in [1.82, 2.24) is 4.98 Å². The highest BCUT2D eigenvalue weighted by Gasteiger charge is 2.15. The second kappa shape index (κ2) is 5.66. The summed E-state index contributed by atoms with van der Waals surface area (Å²) in [6.45, 7) is 2.43. The molecule has 0 aliphatic rings. The highest BCUT2D eigenvalue weighted by atomic mass is 32.1. The van der Waals surface area contributed by atoms with E-state index in [1.807, 2.05) is 6.92 Å². The molecule has 0 amide bonds. The van der Waals surface area contributed by atoms with Crippen LogP contribution in [0.1, 0.15) is 9.88 Å². The maximum Gasteiger partial charge on any atom is 0.296 e. The van der Waals surface area contributed by atoms with Gasteiger partial charge in [-0.15, -0.1) is 11.3 Å². The lowest BCUT2D eigenvalue weighted by Gasteiger charge is -2.07. The van der Waals surface area contributed by atoms with Crippen LogP contribution < -0.4 is 10.1 Å². The van der Waals surface area contributed by atoms with Crippen LogP contribution in [0.3, 0.4) is 0 Å². The van der Waals surface area contributed by atoms with Crippen molar-refractivity contribution < 1.29 is 9.66 Å². The lowest BCUT2D eigenvalue weighted by Crippen LogP contribution is -2.01. The van der Waals surface area contributed by atoms with Gasteiger partial charge in [-0.2, -0.15) is 0 Å². The number of anilines is 1. The Balaban J connectivity index is 2.17. The fourth-order valence-electron chi connectivity index (χ4n) is 1.61. The van der Waals surface area contributed by atoms with Gasteiger partial charge < -0.3 is 10.1 Å². The zero-order valence-corrected chi connectivity index (χ0v) is 11.4. The minimum Gasteiger partial charge on any atom is -0.496 e. The molecule has 0 fully saturated rings. The first-order valence-electron chi connectivity index (χ1n) is 5.57. The van der Waals surface area contributed by atoms with E-state index < -0.39 is 4.92 Å². The molecule has 0 atom stereocenters. The lowest BCUT2D eigenvalue weighted by atomic mass is 10.2. The first kappa shape index (κ1) is 13.3. The molecule has 0 bridgehead atoms. The van der Waals surface area contributed by atoms with Crippen LogP contribution in [0.4, 0.5) is 11.4 Å². The summed E-state index contributed by atoms with van der Waals surface area (Å²) in [5, 5.41) is 15.0. The zero-order valence-electron chi connectivity index (χ0n) is 10.5. The van der Waals surface area contributed by atoms with E-state index in [-0.39, 0.29) is 5.69 Å². The summed E-state index contributed by atoms with van der Waals surface area (Å²) >= 11 is 1.56. The minimum atomic E-state index is -0.428. The van der Waals surface area contributed by atoms with Crippen molar-refractivity contribution in [2.75, 3.05) is 12.4 Å². The van der Waals surface area contributed by atoms with Crippen molar-refractivity contribution in [3.05, 3.63) is 44.4 Å². The van der Waals surface area contributed by atoms with Crippen LogP contribution in [0.5, 0.6) is 5.75 Å². The van der Waals surface area contributed by atoms with E-state index in [4.69, 9.17) is 4.74 Å². The van der Waals surface area contributed by atoms with Gasteiger partial charge in [-0.3, -0.25) is 10.1 Å². The Kier molecular flexibility index (Phi) is 3.96. The van der Waals surface area contributed by atoms with Crippen molar-refractivity contribution in [3.8, 4) is 5.75 Å². The summed E-state index contributed by atoms with van der Waals surface area (Å²) in [6, 6.07) is 4.73. The van der Waals surface area contributed by atoms with Gasteiger partial charge in [0.05, 0.1) is 29.7 Å². The molecule has 19 heavy (non-hydrogen) atoms. The lowest BCUT2D eigenvalue weighted by molar-refractivity contribution is -0.384. The number of ether oxygens (including phenoxy) is 1. The molecule has 6 nitrogen and oxygen atoms in total. The molecule has 7 heteroatoms. The van der Waals surface area contributed by atoms with Crippen LogP contribution >= 0.6 is 11.3 Å². The highest BCUT2D eigenvalue weighted by molar-refractivity contribution is 7.11. The van der Waals surface area contributed by atoms with E-state index in [1.165, 1.54) is 13.2 Å². The van der Waals surface area contributed by atoms with E-state index in [2.05, 4.69) is 10.3 Å². The molecule has 1 N–H and O–H groups in total. The maximum absolute atomic E-state index is 11.0. The Hall–Kier alpha value is -2.15. The number of methoxy groups -OCH3 is 1. The van der Waals surface area contributed by atoms with Crippen LogP contribution in [0.2, 0.25) is 0 Å². The number of thiazole rings is 1. The largest absolute Gasteiger partial charge is 0.496 e. The van der Waals surface area contributed by atoms with E-state index in [1.54, 1.807) is 29.7 Å². The van der Waals surface area contributed by atoms with Crippen molar-refractivity contribution in [2.24, 2.45) is 0 Å². The summed E-state index contributed by atoms with van der Waals surface area (Å²) in [5.41, 5.74) is 0.470. The van der Waals surface area contributed by atoms with E-state index in [9.17, 15) is 10.1 Å². The van der Waals surface area contributed by atoms with Crippen LogP contribution in [0, 0.1) is 17.0 Å². The number of benzene rings is 1. The standard InChI is InChI=1S/C12H13N3O3S/c1-8-13-6-10(19-8)7-14-11-4-3-9(18-2)5-12(11)15(16)17/h3-6,14H,7H2,1-2H3. The second-order valence-electron chi connectivity index (χ2n) is 3.84. The highest BCUT2D eigenvalue weighted by Crippen LogP contribution is 2.29. The Morgan fingerprint density at radius 3 is 2.89 bits per heavy atom. The number of aromatic nitrogens is 1. The third-order valence-electron chi connectivity index (χ3n) is 2.52. The third-order valence-corrected chi connectivity index (χ3v) is 3.44. The van der Waals surface area contributed by atoms with Gasteiger partial charge in [-0.1, -0.05) is 0 Å². The molecule has 2 rings (SSSR count). The molecule has 1 heterocycles. The average molecular weight is 279 g/mol. The van der Waals surface area contributed by atoms with E-state index in [0.29, 0.717) is 18.0 Å². The van der Waals surface area contributed by atoms with Crippen molar-refractivity contribution in [1.29, 1.82) is 0 Å². The summed E-state index contributed by atoms with van der Waals surface area (Å²) < 4.78 is 4.99. The number of nitro benzene ring substituents is 1. The summed E-state index contributed by atoms with van der Waals surface area (Å²) in [4.78, 5) is 15.7. The van der Waals surface area contributed by atoms with E-state index >= 15 is 0 Å². The van der Waals surface area contributed by atoms with Gasteiger partial charge in [-0.25, -0.2) is 4.98 Å². The van der Waals surface area contributed by atoms with Crippen molar-refractivity contribution in [3.63, 3.8) is 0 Å². The van der Waals surface area contributed by atoms with Gasteiger partial charge in [0.15, 0.2) is 0 Å². The number of rotatable bonds is 5. The molecular weight excluding hydrogens is 266 g/mol. The monoisotopic (exact) mass is 279 g/mol. The van der Waals surface area contributed by atoms with Crippen LogP contribution in [0.25, 0.3) is 0 Å². The van der Waals surface area contributed by atoms with Crippen molar-refractivity contribution in [2.45, 2.75) is 13.5 Å². The summed E-state index contributed by atoms with van der Waals surface area (Å²) in [5.74, 6) is 0.464. The van der Waals surface area contributed by atoms with Gasteiger partial charge in [0.1, 0.15) is 11.4 Å². The second-order valence-corrected chi connectivity index (χ2v) is 5.16. The molecule has 0 saturated heterocycles. The fraction of sp³-hybridized carbons (Fsp3) is 0.250. The molecule has 1 aromatic heterocycles. The van der Waals surface area contributed by atoms with Gasteiger partial charge in [0, 0.05) is 11.1 Å². The third kappa shape index (κ3) is 3.19. The molecule has 0 unspecified atom stereocenters. The van der Waals surface area contributed by atoms with Crippen LogP contribution in [0.15, 0.2) is 24.4 Å². The van der Waals surface area contributed by atoms with Gasteiger partial charge in [0.25, 0.3) is 5.69 Å². The smallest absolute Gasteiger partial charge is 0.296 e. The van der Waals surface area contributed by atoms with Gasteiger partial charge >= 0.3 is 0 Å². The molecule has 0 saturated carbocycles. The molecule has 0 radical (unpaired) electrons. The topological polar surface area (TPSA) is 77.3 Å². The number of nitrogens with one attached hydrogen (secondary N) is 1. The molecule has 2 aromatic rings. The molecule has 0 spiro atoms. The van der Waals surface area contributed by atoms with Crippen LogP contribution in [-0.4, -0.2) is 17.0 Å². The Morgan fingerprint density at radius 1 is 1.53 bits per heavy atom. The molecule has 1 aromatic carbocycles. The number of nitrogens with zero attached hydrogens (tertiary/aromatic N) is 2. The predicted octanol–water partition coefficient (Wildman–Crippen LogP) is 2.98. The first-order chi connectivity index (χ1) is 9.10. The fourth-order valence-corrected chi connectivity index (χ4v) is 2.34. The number of aryl methyl sites for hydroxylation is 1. The first-order valence-corrected chi connectivity index (χ1v) is 6.39. The Morgan fingerprint density at radius 2 is 2.32 bits per heavy atom. The van der Waals surface area contributed by atoms with Gasteiger partial charge in [0.2, 0.25) is 0 Å². The molecule has 0 aliphatic heterocycles. The van der Waals surface area contributed by atoms with Crippen LogP contribution in [-0.2, 0) is 6.54 Å². The quantitative estimate of drug-likeness (QED) is 0.672. The maximum atomic E-state index is 11.0. The predicted molar refractivity (Wildman–Crippen MR) is 73.8 cm³/mol. The average Bonchev–Trinajstić information content (AvgIpc) is 2.82. The number of hydrogen-bond donors (Lipinski definition) is 1. The van der Waals surface area contributed by atoms with Gasteiger partial charge in [-0.05, 0) is 19.1 Å². The Labute approximate surface area is 114 Å². The van der Waals surface area contributed by atoms with Crippen molar-refractivity contribution >= 4 is 22.7 Å². The summed E-state index contributed by atoms with van der Waals surface area (Å²) in [7, 11) is 1.48. The molecule has 0 aliphatic carbocycles. The number of hydrogen-bond acceptors (Lipinski definition) is 6. The normalized spacial score (nSPS) is 10.2. The Bertz CT molecular complexity index is 598. The summed E-state index contributed by atoms with van der Waals surface area (Å²) in [6.07, 6.45) is 1.77. The van der Waals surface area contributed by atoms with E-state index in [0.717, 1.165) is 9.88 Å². The SMILES string of the molecule is COc1ccc(NCc2cnc(C)s2)c([N+](=O)[O-])c1. The minimum absolute atomic E-state index is 0.000544. The molecule has 100 valence electrons.